The highest BCUT2D eigenvalue weighted by Crippen LogP contribution is 2.40. The molecule has 136 valence electrons. The average Bonchev–Trinajstić information content (AvgIpc) is 2.68. The van der Waals surface area contributed by atoms with Crippen molar-refractivity contribution in [2.45, 2.75) is 13.1 Å². The first-order chi connectivity index (χ1) is 13.1. The molecule has 4 rings (SSSR count). The van der Waals surface area contributed by atoms with Gasteiger partial charge in [0.25, 0.3) is 5.91 Å². The highest BCUT2D eigenvalue weighted by atomic mass is 79.9. The summed E-state index contributed by atoms with van der Waals surface area (Å²) in [6.07, 6.45) is -0.387. The van der Waals surface area contributed by atoms with Gasteiger partial charge >= 0.3 is 0 Å². The Labute approximate surface area is 166 Å². The van der Waals surface area contributed by atoms with E-state index in [-0.39, 0.29) is 12.1 Å². The minimum atomic E-state index is -0.387. The number of halogens is 1. The van der Waals surface area contributed by atoms with E-state index in [0.717, 1.165) is 32.7 Å². The molecule has 1 N–H and O–H groups in total. The number of aryl methyl sites for hydroxylation is 1. The minimum Gasteiger partial charge on any atom is -0.496 e. The van der Waals surface area contributed by atoms with Crippen LogP contribution in [0.1, 0.15) is 27.7 Å². The Morgan fingerprint density at radius 1 is 1.04 bits per heavy atom. The monoisotopic (exact) mass is 422 g/mol. The van der Waals surface area contributed by atoms with Gasteiger partial charge in [-0.15, -0.1) is 0 Å². The number of benzene rings is 3. The number of anilines is 2. The van der Waals surface area contributed by atoms with Crippen molar-refractivity contribution in [1.82, 2.24) is 0 Å². The zero-order chi connectivity index (χ0) is 19.0. The van der Waals surface area contributed by atoms with Crippen LogP contribution >= 0.6 is 15.9 Å². The summed E-state index contributed by atoms with van der Waals surface area (Å²) in [6, 6.07) is 21.4. The third-order valence-corrected chi connectivity index (χ3v) is 5.19. The number of nitrogens with one attached hydrogen (secondary N) is 1. The van der Waals surface area contributed by atoms with Crippen molar-refractivity contribution in [3.05, 3.63) is 87.9 Å². The van der Waals surface area contributed by atoms with Gasteiger partial charge in [0.2, 0.25) is 0 Å². The quantitative estimate of drug-likeness (QED) is 0.602. The number of carbonyl (C=O) groups excluding carboxylic acids is 1. The third-order valence-electron chi connectivity index (χ3n) is 4.69. The standard InChI is InChI=1S/C22H19BrN2O2/c1-14-6-5-7-16(12-14)25-21(18-13-15(23)10-11-20(18)27-2)24-19-9-4-3-8-17(19)22(25)26/h3-13,21,24H,1-2H3/t21-/m0/s1. The first kappa shape index (κ1) is 17.6. The van der Waals surface area contributed by atoms with Gasteiger partial charge in [-0.3, -0.25) is 9.69 Å². The number of rotatable bonds is 3. The van der Waals surface area contributed by atoms with Crippen LogP contribution in [0.3, 0.4) is 0 Å². The van der Waals surface area contributed by atoms with E-state index in [1.54, 1.807) is 12.0 Å². The summed E-state index contributed by atoms with van der Waals surface area (Å²) in [7, 11) is 1.64. The number of amides is 1. The lowest BCUT2D eigenvalue weighted by atomic mass is 10.0. The summed E-state index contributed by atoms with van der Waals surface area (Å²) < 4.78 is 6.51. The number of carbonyl (C=O) groups is 1. The van der Waals surface area contributed by atoms with Crippen LogP contribution in [-0.2, 0) is 0 Å². The predicted octanol–water partition coefficient (Wildman–Crippen LogP) is 5.54. The Morgan fingerprint density at radius 2 is 1.85 bits per heavy atom. The molecule has 0 saturated heterocycles. The van der Waals surface area contributed by atoms with Gasteiger partial charge in [-0.1, -0.05) is 40.2 Å². The van der Waals surface area contributed by atoms with Crippen LogP contribution in [0.25, 0.3) is 0 Å². The van der Waals surface area contributed by atoms with E-state index in [2.05, 4.69) is 21.2 Å². The summed E-state index contributed by atoms with van der Waals surface area (Å²) >= 11 is 3.54. The molecular weight excluding hydrogens is 404 g/mol. The van der Waals surface area contributed by atoms with Gasteiger partial charge in [0.1, 0.15) is 11.9 Å². The fourth-order valence-electron chi connectivity index (χ4n) is 3.43. The molecule has 1 aliphatic rings. The molecule has 1 atom stereocenters. The number of methoxy groups -OCH3 is 1. The molecule has 3 aromatic carbocycles. The molecule has 5 heteroatoms. The van der Waals surface area contributed by atoms with Crippen molar-refractivity contribution in [2.24, 2.45) is 0 Å². The largest absolute Gasteiger partial charge is 0.496 e. The van der Waals surface area contributed by atoms with Gasteiger partial charge in [-0.05, 0) is 55.0 Å². The van der Waals surface area contributed by atoms with Crippen LogP contribution in [0.4, 0.5) is 11.4 Å². The van der Waals surface area contributed by atoms with Crippen molar-refractivity contribution < 1.29 is 9.53 Å². The molecular formula is C22H19BrN2O2. The highest BCUT2D eigenvalue weighted by molar-refractivity contribution is 9.10. The van der Waals surface area contributed by atoms with Crippen molar-refractivity contribution in [3.8, 4) is 5.75 Å². The average molecular weight is 423 g/mol. The van der Waals surface area contributed by atoms with Crippen LogP contribution in [0.15, 0.2) is 71.2 Å². The molecule has 1 amide bonds. The second-order valence-corrected chi connectivity index (χ2v) is 7.41. The maximum Gasteiger partial charge on any atom is 0.262 e. The van der Waals surface area contributed by atoms with Crippen LogP contribution in [-0.4, -0.2) is 13.0 Å². The smallest absolute Gasteiger partial charge is 0.262 e. The van der Waals surface area contributed by atoms with Gasteiger partial charge in [0, 0.05) is 21.4 Å². The van der Waals surface area contributed by atoms with E-state index >= 15 is 0 Å². The van der Waals surface area contributed by atoms with Crippen molar-refractivity contribution in [3.63, 3.8) is 0 Å². The summed E-state index contributed by atoms with van der Waals surface area (Å²) in [6.45, 7) is 2.02. The number of fused-ring (bicyclic) bond motifs is 1. The van der Waals surface area contributed by atoms with Gasteiger partial charge < -0.3 is 10.1 Å². The van der Waals surface area contributed by atoms with Gasteiger partial charge in [-0.25, -0.2) is 0 Å². The van der Waals surface area contributed by atoms with E-state index in [1.165, 1.54) is 0 Å². The Hall–Kier alpha value is -2.79. The fraction of sp³-hybridized carbons (Fsp3) is 0.136. The van der Waals surface area contributed by atoms with Crippen LogP contribution in [0.5, 0.6) is 5.75 Å². The topological polar surface area (TPSA) is 41.6 Å². The second-order valence-electron chi connectivity index (χ2n) is 6.49. The number of para-hydroxylation sites is 1. The lowest BCUT2D eigenvalue weighted by Gasteiger charge is -2.38. The number of hydrogen-bond acceptors (Lipinski definition) is 3. The van der Waals surface area contributed by atoms with Crippen LogP contribution in [0.2, 0.25) is 0 Å². The highest BCUT2D eigenvalue weighted by Gasteiger charge is 2.35. The van der Waals surface area contributed by atoms with Crippen molar-refractivity contribution >= 4 is 33.2 Å². The molecule has 0 fully saturated rings. The fourth-order valence-corrected chi connectivity index (χ4v) is 3.81. The first-order valence-corrected chi connectivity index (χ1v) is 9.47. The summed E-state index contributed by atoms with van der Waals surface area (Å²) in [5.41, 5.74) is 4.30. The summed E-state index contributed by atoms with van der Waals surface area (Å²) in [5, 5.41) is 3.52. The molecule has 3 aromatic rings. The van der Waals surface area contributed by atoms with Crippen molar-refractivity contribution in [1.29, 1.82) is 0 Å². The van der Waals surface area contributed by atoms with E-state index in [4.69, 9.17) is 4.74 Å². The molecule has 1 aliphatic heterocycles. The minimum absolute atomic E-state index is 0.0398. The third kappa shape index (κ3) is 3.19. The number of hydrogen-bond donors (Lipinski definition) is 1. The second kappa shape index (κ2) is 7.08. The van der Waals surface area contributed by atoms with E-state index in [1.807, 2.05) is 73.7 Å². The van der Waals surface area contributed by atoms with Crippen LogP contribution in [0, 0.1) is 6.92 Å². The maximum absolute atomic E-state index is 13.4. The maximum atomic E-state index is 13.4. The SMILES string of the molecule is COc1ccc(Br)cc1[C@H]1Nc2ccccc2C(=O)N1c1cccc(C)c1. The Balaban J connectivity index is 1.92. The lowest BCUT2D eigenvalue weighted by Crippen LogP contribution is -2.43. The van der Waals surface area contributed by atoms with E-state index in [9.17, 15) is 4.79 Å². The van der Waals surface area contributed by atoms with Gasteiger partial charge in [0.15, 0.2) is 0 Å². The van der Waals surface area contributed by atoms with Crippen molar-refractivity contribution in [2.75, 3.05) is 17.3 Å². The first-order valence-electron chi connectivity index (χ1n) is 8.67. The molecule has 0 aromatic heterocycles. The summed E-state index contributed by atoms with van der Waals surface area (Å²) in [4.78, 5) is 15.2. The van der Waals surface area contributed by atoms with Crippen LogP contribution < -0.4 is 15.0 Å². The molecule has 0 radical (unpaired) electrons. The lowest BCUT2D eigenvalue weighted by molar-refractivity contribution is 0.0974. The zero-order valence-corrected chi connectivity index (χ0v) is 16.7. The number of nitrogens with zero attached hydrogens (tertiary/aromatic N) is 1. The van der Waals surface area contributed by atoms with E-state index < -0.39 is 0 Å². The molecule has 0 unspecified atom stereocenters. The molecule has 0 aliphatic carbocycles. The Morgan fingerprint density at radius 3 is 2.63 bits per heavy atom. The van der Waals surface area contributed by atoms with Gasteiger partial charge in [0.05, 0.1) is 12.7 Å². The normalized spacial score (nSPS) is 15.9. The van der Waals surface area contributed by atoms with Gasteiger partial charge in [-0.2, -0.15) is 0 Å². The molecule has 0 saturated carbocycles. The zero-order valence-electron chi connectivity index (χ0n) is 15.1. The van der Waals surface area contributed by atoms with E-state index in [0.29, 0.717) is 5.56 Å². The molecule has 0 bridgehead atoms. The molecule has 1 heterocycles. The molecule has 4 nitrogen and oxygen atoms in total. The predicted molar refractivity (Wildman–Crippen MR) is 111 cm³/mol. The molecule has 27 heavy (non-hydrogen) atoms. The Kier molecular flexibility index (Phi) is 4.62. The number of ether oxygens (including phenoxy) is 1. The Bertz CT molecular complexity index is 1020. The molecule has 0 spiro atoms. The summed E-state index contributed by atoms with van der Waals surface area (Å²) in [5.74, 6) is 0.683.